The van der Waals surface area contributed by atoms with Crippen LogP contribution in [0.5, 0.6) is 0 Å². The fourth-order valence-corrected chi connectivity index (χ4v) is 4.40. The summed E-state index contributed by atoms with van der Waals surface area (Å²) >= 11 is 6.34. The van der Waals surface area contributed by atoms with Crippen LogP contribution in [-0.2, 0) is 5.75 Å². The summed E-state index contributed by atoms with van der Waals surface area (Å²) in [5.41, 5.74) is 1.88. The number of anilines is 1. The number of nitrogens with zero attached hydrogens (tertiary/aromatic N) is 2. The fraction of sp³-hybridized carbons (Fsp3) is 0.0556. The number of aromatic nitrogens is 2. The zero-order chi connectivity index (χ0) is 17.9. The van der Waals surface area contributed by atoms with Gasteiger partial charge in [0, 0.05) is 15.6 Å². The number of amides is 1. The van der Waals surface area contributed by atoms with E-state index in [2.05, 4.69) is 43.6 Å². The molecule has 130 valence electrons. The molecule has 8 heteroatoms. The topological polar surface area (TPSA) is 68.0 Å². The molecular formula is C18H12BrN3O2S2. The van der Waals surface area contributed by atoms with Crippen LogP contribution in [0.15, 0.2) is 67.8 Å². The number of hydrogen-bond donors (Lipinski definition) is 1. The predicted molar refractivity (Wildman–Crippen MR) is 108 cm³/mol. The third-order valence-electron chi connectivity index (χ3n) is 3.53. The Hall–Kier alpha value is -2.16. The highest BCUT2D eigenvalue weighted by atomic mass is 79.9. The molecule has 0 fully saturated rings. The molecule has 0 bridgehead atoms. The van der Waals surface area contributed by atoms with Crippen molar-refractivity contribution in [2.24, 2.45) is 0 Å². The van der Waals surface area contributed by atoms with Gasteiger partial charge in [-0.3, -0.25) is 10.1 Å². The number of furan rings is 1. The maximum atomic E-state index is 12.4. The van der Waals surface area contributed by atoms with Crippen molar-refractivity contribution in [2.45, 2.75) is 10.1 Å². The first-order valence-corrected chi connectivity index (χ1v) is 10.3. The number of thioether (sulfide) groups is 1. The van der Waals surface area contributed by atoms with Gasteiger partial charge >= 0.3 is 0 Å². The van der Waals surface area contributed by atoms with E-state index < -0.39 is 0 Å². The molecule has 0 radical (unpaired) electrons. The van der Waals surface area contributed by atoms with Gasteiger partial charge in [0.2, 0.25) is 5.13 Å². The lowest BCUT2D eigenvalue weighted by atomic mass is 10.2. The summed E-state index contributed by atoms with van der Waals surface area (Å²) in [5.74, 6) is 0.710. The summed E-state index contributed by atoms with van der Waals surface area (Å²) in [5, 5.41) is 12.2. The molecule has 2 aromatic carbocycles. The third kappa shape index (κ3) is 3.98. The quantitative estimate of drug-likeness (QED) is 0.320. The van der Waals surface area contributed by atoms with E-state index in [9.17, 15) is 4.79 Å². The van der Waals surface area contributed by atoms with Crippen molar-refractivity contribution >= 4 is 61.0 Å². The molecule has 0 aliphatic rings. The molecular weight excluding hydrogens is 434 g/mol. The summed E-state index contributed by atoms with van der Waals surface area (Å²) in [6, 6.07) is 17.4. The molecule has 0 saturated heterocycles. The summed E-state index contributed by atoms with van der Waals surface area (Å²) < 4.78 is 7.32. The van der Waals surface area contributed by atoms with E-state index in [1.54, 1.807) is 17.8 Å². The maximum absolute atomic E-state index is 12.4. The lowest BCUT2D eigenvalue weighted by Crippen LogP contribution is -2.10. The Balaban J connectivity index is 1.42. The Kier molecular flexibility index (Phi) is 5.05. The molecule has 26 heavy (non-hydrogen) atoms. The van der Waals surface area contributed by atoms with Crippen molar-refractivity contribution in [1.82, 2.24) is 10.2 Å². The van der Waals surface area contributed by atoms with Crippen LogP contribution in [-0.4, -0.2) is 16.1 Å². The minimum absolute atomic E-state index is 0.242. The van der Waals surface area contributed by atoms with E-state index in [1.807, 2.05) is 36.4 Å². The zero-order valence-corrected chi connectivity index (χ0v) is 16.5. The molecule has 2 aromatic heterocycles. The molecule has 0 aliphatic carbocycles. The number of benzene rings is 2. The van der Waals surface area contributed by atoms with Gasteiger partial charge in [-0.25, -0.2) is 0 Å². The summed E-state index contributed by atoms with van der Waals surface area (Å²) in [6.07, 6.45) is 0. The van der Waals surface area contributed by atoms with Crippen molar-refractivity contribution in [3.05, 3.63) is 70.4 Å². The summed E-state index contributed by atoms with van der Waals surface area (Å²) in [4.78, 5) is 12.4. The average Bonchev–Trinajstić information content (AvgIpc) is 3.27. The standard InChI is InChI=1S/C18H12BrN3O2S2/c19-13-6-7-14-12(8-13)9-15(24-14)16(23)20-17-21-22-18(26-17)25-10-11-4-2-1-3-5-11/h1-9H,10H2,(H,20,21,23). The van der Waals surface area contributed by atoms with Crippen LogP contribution in [0.2, 0.25) is 0 Å². The highest BCUT2D eigenvalue weighted by molar-refractivity contribution is 9.10. The number of rotatable bonds is 5. The second kappa shape index (κ2) is 7.61. The van der Waals surface area contributed by atoms with Crippen LogP contribution in [0.25, 0.3) is 11.0 Å². The summed E-state index contributed by atoms with van der Waals surface area (Å²) in [7, 11) is 0. The largest absolute Gasteiger partial charge is 0.451 e. The molecule has 4 rings (SSSR count). The molecule has 0 aliphatic heterocycles. The molecule has 4 aromatic rings. The Bertz CT molecular complexity index is 1060. The Morgan fingerprint density at radius 2 is 2.00 bits per heavy atom. The van der Waals surface area contributed by atoms with E-state index in [1.165, 1.54) is 16.9 Å². The first-order valence-electron chi connectivity index (χ1n) is 7.68. The van der Waals surface area contributed by atoms with Crippen molar-refractivity contribution in [3.63, 3.8) is 0 Å². The lowest BCUT2D eigenvalue weighted by molar-refractivity contribution is 0.0998. The van der Waals surface area contributed by atoms with Crippen LogP contribution < -0.4 is 5.32 Å². The first kappa shape index (κ1) is 17.3. The molecule has 0 saturated carbocycles. The lowest BCUT2D eigenvalue weighted by Gasteiger charge is -1.97. The fourth-order valence-electron chi connectivity index (χ4n) is 2.32. The van der Waals surface area contributed by atoms with Crippen LogP contribution in [0.4, 0.5) is 5.13 Å². The second-order valence-electron chi connectivity index (χ2n) is 5.39. The molecule has 0 spiro atoms. The van der Waals surface area contributed by atoms with Gasteiger partial charge in [0.1, 0.15) is 5.58 Å². The molecule has 5 nitrogen and oxygen atoms in total. The number of hydrogen-bond acceptors (Lipinski definition) is 6. The van der Waals surface area contributed by atoms with Crippen molar-refractivity contribution in [1.29, 1.82) is 0 Å². The number of halogens is 1. The Morgan fingerprint density at radius 1 is 1.15 bits per heavy atom. The third-order valence-corrected chi connectivity index (χ3v) is 6.07. The van der Waals surface area contributed by atoms with Gasteiger partial charge in [0.25, 0.3) is 5.91 Å². The normalized spacial score (nSPS) is 11.0. The Labute approximate surface area is 166 Å². The van der Waals surface area contributed by atoms with E-state index in [0.29, 0.717) is 10.7 Å². The second-order valence-corrected chi connectivity index (χ2v) is 8.51. The van der Waals surface area contributed by atoms with Crippen LogP contribution >= 0.6 is 39.0 Å². The van der Waals surface area contributed by atoms with Gasteiger partial charge < -0.3 is 4.42 Å². The number of fused-ring (bicyclic) bond motifs is 1. The van der Waals surface area contributed by atoms with Crippen molar-refractivity contribution in [3.8, 4) is 0 Å². The number of carbonyl (C=O) groups is 1. The smallest absolute Gasteiger partial charge is 0.293 e. The highest BCUT2D eigenvalue weighted by Crippen LogP contribution is 2.29. The van der Waals surface area contributed by atoms with Crippen LogP contribution in [0.1, 0.15) is 16.1 Å². The van der Waals surface area contributed by atoms with E-state index in [4.69, 9.17) is 4.42 Å². The van der Waals surface area contributed by atoms with Crippen molar-refractivity contribution in [2.75, 3.05) is 5.32 Å². The van der Waals surface area contributed by atoms with E-state index in [0.717, 1.165) is 20.0 Å². The minimum Gasteiger partial charge on any atom is -0.451 e. The molecule has 0 atom stereocenters. The van der Waals surface area contributed by atoms with E-state index >= 15 is 0 Å². The first-order chi connectivity index (χ1) is 12.7. The minimum atomic E-state index is -0.340. The van der Waals surface area contributed by atoms with Crippen LogP contribution in [0.3, 0.4) is 0 Å². The van der Waals surface area contributed by atoms with Gasteiger partial charge in [-0.1, -0.05) is 69.4 Å². The Morgan fingerprint density at radius 3 is 2.85 bits per heavy atom. The highest BCUT2D eigenvalue weighted by Gasteiger charge is 2.15. The number of nitrogens with one attached hydrogen (secondary N) is 1. The SMILES string of the molecule is O=C(Nc1nnc(SCc2ccccc2)s1)c1cc2cc(Br)ccc2o1. The van der Waals surface area contributed by atoms with Gasteiger partial charge in [-0.2, -0.15) is 0 Å². The van der Waals surface area contributed by atoms with Gasteiger partial charge in [0.05, 0.1) is 0 Å². The zero-order valence-electron chi connectivity index (χ0n) is 13.3. The molecule has 2 heterocycles. The van der Waals surface area contributed by atoms with E-state index in [-0.39, 0.29) is 11.7 Å². The van der Waals surface area contributed by atoms with Gasteiger partial charge in [-0.05, 0) is 29.8 Å². The molecule has 0 unspecified atom stereocenters. The molecule has 1 amide bonds. The maximum Gasteiger partial charge on any atom is 0.293 e. The predicted octanol–water partition coefficient (Wildman–Crippen LogP) is 5.59. The average molecular weight is 446 g/mol. The number of carbonyl (C=O) groups excluding carboxylic acids is 1. The summed E-state index contributed by atoms with van der Waals surface area (Å²) in [6.45, 7) is 0. The van der Waals surface area contributed by atoms with Gasteiger partial charge in [0.15, 0.2) is 10.1 Å². The monoisotopic (exact) mass is 445 g/mol. The van der Waals surface area contributed by atoms with Crippen LogP contribution in [0, 0.1) is 0 Å². The van der Waals surface area contributed by atoms with Gasteiger partial charge in [-0.15, -0.1) is 10.2 Å². The molecule has 1 N–H and O–H groups in total. The van der Waals surface area contributed by atoms with Crippen molar-refractivity contribution < 1.29 is 9.21 Å².